The van der Waals surface area contributed by atoms with Crippen LogP contribution in [0.2, 0.25) is 0 Å². The Morgan fingerprint density at radius 1 is 1.09 bits per heavy atom. The van der Waals surface area contributed by atoms with E-state index in [-0.39, 0.29) is 6.03 Å². The molecule has 0 aliphatic rings. The van der Waals surface area contributed by atoms with E-state index in [1.807, 2.05) is 23.9 Å². The van der Waals surface area contributed by atoms with E-state index < -0.39 is 0 Å². The van der Waals surface area contributed by atoms with Gasteiger partial charge in [0.05, 0.1) is 0 Å². The van der Waals surface area contributed by atoms with Gasteiger partial charge in [-0.1, -0.05) is 23.8 Å². The molecule has 0 spiro atoms. The maximum atomic E-state index is 11.6. The molecule has 0 aliphatic carbocycles. The Morgan fingerprint density at radius 3 is 2.39 bits per heavy atom. The van der Waals surface area contributed by atoms with E-state index in [0.717, 1.165) is 17.9 Å². The summed E-state index contributed by atoms with van der Waals surface area (Å²) in [6.07, 6.45) is 1.07. The maximum Gasteiger partial charge on any atom is 0.321 e. The van der Waals surface area contributed by atoms with Crippen LogP contribution in [0.4, 0.5) is 10.5 Å². The van der Waals surface area contributed by atoms with Crippen LogP contribution in [0, 0.1) is 13.8 Å². The molecule has 0 radical (unpaired) electrons. The quantitative estimate of drug-likeness (QED) is 0.805. The van der Waals surface area contributed by atoms with Gasteiger partial charge in [0, 0.05) is 30.4 Å². The largest absolute Gasteiger partial charge is 0.331 e. The summed E-state index contributed by atoms with van der Waals surface area (Å²) in [5, 5.41) is 2.84. The van der Waals surface area contributed by atoms with Gasteiger partial charge >= 0.3 is 6.03 Å². The molecule has 0 fully saturated rings. The molecule has 0 unspecified atom stereocenters. The first kappa shape index (κ1) is 17.4. The van der Waals surface area contributed by atoms with Gasteiger partial charge in [-0.15, -0.1) is 11.8 Å². The molecule has 0 aliphatic heterocycles. The van der Waals surface area contributed by atoms with E-state index in [2.05, 4.69) is 49.5 Å². The van der Waals surface area contributed by atoms with Gasteiger partial charge in [0.15, 0.2) is 0 Å². The molecule has 122 valence electrons. The monoisotopic (exact) mass is 328 g/mol. The van der Waals surface area contributed by atoms with Crippen LogP contribution in [0.15, 0.2) is 47.4 Å². The number of thioether (sulfide) groups is 1. The van der Waals surface area contributed by atoms with E-state index in [1.54, 1.807) is 14.1 Å². The number of anilines is 1. The molecule has 4 heteroatoms. The van der Waals surface area contributed by atoms with E-state index in [0.29, 0.717) is 0 Å². The van der Waals surface area contributed by atoms with Gasteiger partial charge in [0.2, 0.25) is 0 Å². The third-order valence-electron chi connectivity index (χ3n) is 3.65. The smallest absolute Gasteiger partial charge is 0.321 e. The van der Waals surface area contributed by atoms with Crippen molar-refractivity contribution in [2.24, 2.45) is 0 Å². The Kier molecular flexibility index (Phi) is 6.11. The van der Waals surface area contributed by atoms with Crippen LogP contribution in [-0.4, -0.2) is 30.8 Å². The highest BCUT2D eigenvalue weighted by Crippen LogP contribution is 2.22. The van der Waals surface area contributed by atoms with Crippen molar-refractivity contribution in [3.8, 4) is 0 Å². The Bertz CT molecular complexity index is 666. The first-order valence-electron chi connectivity index (χ1n) is 7.73. The topological polar surface area (TPSA) is 32.3 Å². The fraction of sp³-hybridized carbons (Fsp3) is 0.316. The summed E-state index contributed by atoms with van der Waals surface area (Å²) in [6.45, 7) is 4.30. The van der Waals surface area contributed by atoms with Gasteiger partial charge < -0.3 is 10.2 Å². The lowest BCUT2D eigenvalue weighted by molar-refractivity contribution is 0.230. The van der Waals surface area contributed by atoms with Gasteiger partial charge in [0.1, 0.15) is 0 Å². The molecule has 0 atom stereocenters. The third kappa shape index (κ3) is 5.32. The van der Waals surface area contributed by atoms with E-state index >= 15 is 0 Å². The van der Waals surface area contributed by atoms with Crippen LogP contribution < -0.4 is 5.32 Å². The lowest BCUT2D eigenvalue weighted by Crippen LogP contribution is -2.27. The van der Waals surface area contributed by atoms with Crippen LogP contribution >= 0.6 is 11.8 Å². The summed E-state index contributed by atoms with van der Waals surface area (Å²) < 4.78 is 0. The fourth-order valence-electron chi connectivity index (χ4n) is 2.27. The van der Waals surface area contributed by atoms with Crippen molar-refractivity contribution in [2.75, 3.05) is 25.2 Å². The molecule has 2 aromatic rings. The summed E-state index contributed by atoms with van der Waals surface area (Å²) in [4.78, 5) is 14.3. The molecule has 0 heterocycles. The van der Waals surface area contributed by atoms with Crippen LogP contribution in [0.5, 0.6) is 0 Å². The van der Waals surface area contributed by atoms with Gasteiger partial charge in [-0.05, 0) is 55.7 Å². The highest BCUT2D eigenvalue weighted by Gasteiger charge is 2.04. The minimum atomic E-state index is -0.111. The Hall–Kier alpha value is -1.94. The van der Waals surface area contributed by atoms with E-state index in [4.69, 9.17) is 0 Å². The second-order valence-corrected chi connectivity index (χ2v) is 7.05. The van der Waals surface area contributed by atoms with E-state index in [9.17, 15) is 4.79 Å². The average molecular weight is 328 g/mol. The number of rotatable bonds is 5. The van der Waals surface area contributed by atoms with Crippen molar-refractivity contribution in [3.05, 3.63) is 59.2 Å². The number of nitrogens with one attached hydrogen (secondary N) is 1. The number of aryl methyl sites for hydroxylation is 3. The predicted molar refractivity (Wildman–Crippen MR) is 99.5 cm³/mol. The standard InChI is InChI=1S/C19H24N2OS/c1-14-5-6-16(15(2)13-14)11-12-23-18-9-7-17(8-10-18)20-19(22)21(3)4/h5-10,13H,11-12H2,1-4H3,(H,20,22). The van der Waals surface area contributed by atoms with Crippen molar-refractivity contribution in [3.63, 3.8) is 0 Å². The molecule has 2 amide bonds. The molecule has 0 saturated carbocycles. The molecule has 23 heavy (non-hydrogen) atoms. The Labute approximate surface area is 143 Å². The lowest BCUT2D eigenvalue weighted by Gasteiger charge is -2.12. The van der Waals surface area contributed by atoms with Gasteiger partial charge in [-0.3, -0.25) is 0 Å². The maximum absolute atomic E-state index is 11.6. The molecule has 0 bridgehead atoms. The van der Waals surface area contributed by atoms with Crippen molar-refractivity contribution in [2.45, 2.75) is 25.2 Å². The molecule has 2 rings (SSSR count). The van der Waals surface area contributed by atoms with Crippen molar-refractivity contribution in [1.82, 2.24) is 4.90 Å². The van der Waals surface area contributed by atoms with Crippen molar-refractivity contribution >= 4 is 23.5 Å². The predicted octanol–water partition coefficient (Wildman–Crippen LogP) is 4.73. The summed E-state index contributed by atoms with van der Waals surface area (Å²) in [6, 6.07) is 14.5. The number of hydrogen-bond donors (Lipinski definition) is 1. The van der Waals surface area contributed by atoms with Crippen LogP contribution in [-0.2, 0) is 6.42 Å². The number of urea groups is 1. The van der Waals surface area contributed by atoms with E-state index in [1.165, 1.54) is 26.5 Å². The van der Waals surface area contributed by atoms with Gasteiger partial charge in [-0.25, -0.2) is 4.79 Å². The SMILES string of the molecule is Cc1ccc(CCSc2ccc(NC(=O)N(C)C)cc2)c(C)c1. The lowest BCUT2D eigenvalue weighted by atomic mass is 10.0. The van der Waals surface area contributed by atoms with Crippen LogP contribution in [0.1, 0.15) is 16.7 Å². The molecule has 0 aromatic heterocycles. The number of benzene rings is 2. The number of carbonyl (C=O) groups excluding carboxylic acids is 1. The van der Waals surface area contributed by atoms with Gasteiger partial charge in [0.25, 0.3) is 0 Å². The summed E-state index contributed by atoms with van der Waals surface area (Å²) in [5.74, 6) is 1.05. The highest BCUT2D eigenvalue weighted by molar-refractivity contribution is 7.99. The Balaban J connectivity index is 1.85. The first-order valence-corrected chi connectivity index (χ1v) is 8.71. The molecular formula is C19H24N2OS. The number of carbonyl (C=O) groups is 1. The number of nitrogens with zero attached hydrogens (tertiary/aromatic N) is 1. The third-order valence-corrected chi connectivity index (χ3v) is 4.66. The summed E-state index contributed by atoms with van der Waals surface area (Å²) >= 11 is 1.84. The van der Waals surface area contributed by atoms with Crippen molar-refractivity contribution in [1.29, 1.82) is 0 Å². The fourth-order valence-corrected chi connectivity index (χ4v) is 3.16. The normalized spacial score (nSPS) is 10.4. The zero-order chi connectivity index (χ0) is 16.8. The average Bonchev–Trinajstić information content (AvgIpc) is 2.51. The molecule has 1 N–H and O–H groups in total. The van der Waals surface area contributed by atoms with Crippen molar-refractivity contribution < 1.29 is 4.79 Å². The second-order valence-electron chi connectivity index (χ2n) is 5.88. The number of hydrogen-bond acceptors (Lipinski definition) is 2. The highest BCUT2D eigenvalue weighted by atomic mass is 32.2. The summed E-state index contributed by atoms with van der Waals surface area (Å²) in [7, 11) is 3.46. The van der Waals surface area contributed by atoms with Crippen LogP contribution in [0.25, 0.3) is 0 Å². The second kappa shape index (κ2) is 8.06. The van der Waals surface area contributed by atoms with Crippen LogP contribution in [0.3, 0.4) is 0 Å². The zero-order valence-corrected chi connectivity index (χ0v) is 15.0. The minimum Gasteiger partial charge on any atom is -0.331 e. The molecule has 2 aromatic carbocycles. The summed E-state index contributed by atoms with van der Waals surface area (Å²) in [5.41, 5.74) is 4.92. The zero-order valence-electron chi connectivity index (χ0n) is 14.2. The molecule has 3 nitrogen and oxygen atoms in total. The molecular weight excluding hydrogens is 304 g/mol. The molecule has 0 saturated heterocycles. The Morgan fingerprint density at radius 2 is 1.78 bits per heavy atom. The first-order chi connectivity index (χ1) is 11.0. The van der Waals surface area contributed by atoms with Gasteiger partial charge in [-0.2, -0.15) is 0 Å². The minimum absolute atomic E-state index is 0.111. The number of amides is 2.